The van der Waals surface area contributed by atoms with Crippen LogP contribution in [0.1, 0.15) is 38.5 Å². The lowest BCUT2D eigenvalue weighted by Gasteiger charge is -2.55. The first-order chi connectivity index (χ1) is 8.72. The maximum Gasteiger partial charge on any atom is 0.164 e. The Morgan fingerprint density at radius 1 is 1.17 bits per heavy atom. The SMILES string of the molecule is NC(=NC12CC3CC(CC(C3)C1)C2)C1=NCCN1. The highest BCUT2D eigenvalue weighted by Crippen LogP contribution is 2.57. The monoisotopic (exact) mass is 246 g/mol. The molecule has 0 aromatic rings. The predicted molar refractivity (Wildman–Crippen MR) is 72.8 cm³/mol. The van der Waals surface area contributed by atoms with Crippen molar-refractivity contribution < 1.29 is 0 Å². The van der Waals surface area contributed by atoms with Crippen LogP contribution in [0, 0.1) is 17.8 Å². The van der Waals surface area contributed by atoms with Gasteiger partial charge in [-0.2, -0.15) is 0 Å². The molecule has 3 N–H and O–H groups in total. The molecule has 0 saturated heterocycles. The lowest BCUT2D eigenvalue weighted by atomic mass is 9.53. The Labute approximate surface area is 108 Å². The molecule has 1 aliphatic heterocycles. The highest BCUT2D eigenvalue weighted by Gasteiger charge is 2.51. The molecular weight excluding hydrogens is 224 g/mol. The Hall–Kier alpha value is -1.06. The van der Waals surface area contributed by atoms with Gasteiger partial charge in [0.05, 0.1) is 12.1 Å². The van der Waals surface area contributed by atoms with E-state index in [1.807, 2.05) is 0 Å². The topological polar surface area (TPSA) is 62.8 Å². The lowest BCUT2D eigenvalue weighted by Crippen LogP contribution is -2.51. The van der Waals surface area contributed by atoms with E-state index in [-0.39, 0.29) is 5.54 Å². The summed E-state index contributed by atoms with van der Waals surface area (Å²) in [6.07, 6.45) is 8.17. The highest BCUT2D eigenvalue weighted by molar-refractivity contribution is 6.40. The van der Waals surface area contributed by atoms with Crippen molar-refractivity contribution in [1.29, 1.82) is 0 Å². The molecule has 0 aromatic carbocycles. The van der Waals surface area contributed by atoms with Gasteiger partial charge >= 0.3 is 0 Å². The van der Waals surface area contributed by atoms with Crippen molar-refractivity contribution in [2.24, 2.45) is 33.5 Å². The number of hydrogen-bond acceptors (Lipinski definition) is 3. The molecule has 4 bridgehead atoms. The van der Waals surface area contributed by atoms with Gasteiger partial charge in [0.1, 0.15) is 0 Å². The van der Waals surface area contributed by atoms with Gasteiger partial charge < -0.3 is 11.1 Å². The number of amidine groups is 2. The molecule has 0 amide bonds. The largest absolute Gasteiger partial charge is 0.381 e. The molecule has 18 heavy (non-hydrogen) atoms. The predicted octanol–water partition coefficient (Wildman–Crippen LogP) is 1.31. The number of hydrogen-bond donors (Lipinski definition) is 2. The highest BCUT2D eigenvalue weighted by atomic mass is 15.1. The van der Waals surface area contributed by atoms with Gasteiger partial charge in [-0.05, 0) is 56.3 Å². The van der Waals surface area contributed by atoms with Crippen LogP contribution >= 0.6 is 0 Å². The summed E-state index contributed by atoms with van der Waals surface area (Å²) in [5.41, 5.74) is 6.33. The van der Waals surface area contributed by atoms with Crippen LogP contribution in [0.25, 0.3) is 0 Å². The van der Waals surface area contributed by atoms with E-state index in [1.54, 1.807) is 0 Å². The smallest absolute Gasteiger partial charge is 0.164 e. The molecule has 5 aliphatic rings. The Balaban J connectivity index is 1.62. The van der Waals surface area contributed by atoms with Gasteiger partial charge in [-0.15, -0.1) is 0 Å². The molecule has 98 valence electrons. The Morgan fingerprint density at radius 2 is 1.78 bits per heavy atom. The van der Waals surface area contributed by atoms with Gasteiger partial charge in [-0.3, -0.25) is 9.98 Å². The summed E-state index contributed by atoms with van der Waals surface area (Å²) in [6, 6.07) is 0. The zero-order valence-corrected chi connectivity index (χ0v) is 10.9. The van der Waals surface area contributed by atoms with Crippen LogP contribution < -0.4 is 11.1 Å². The molecule has 0 radical (unpaired) electrons. The van der Waals surface area contributed by atoms with E-state index < -0.39 is 0 Å². The summed E-state index contributed by atoms with van der Waals surface area (Å²) in [4.78, 5) is 9.34. The summed E-state index contributed by atoms with van der Waals surface area (Å²) in [7, 11) is 0. The number of nitrogens with two attached hydrogens (primary N) is 1. The molecule has 4 heteroatoms. The Kier molecular flexibility index (Phi) is 2.24. The van der Waals surface area contributed by atoms with Crippen LogP contribution in [0.5, 0.6) is 0 Å². The van der Waals surface area contributed by atoms with Crippen molar-refractivity contribution in [3.05, 3.63) is 0 Å². The minimum Gasteiger partial charge on any atom is -0.381 e. The summed E-state index contributed by atoms with van der Waals surface area (Å²) < 4.78 is 0. The van der Waals surface area contributed by atoms with Gasteiger partial charge in [-0.1, -0.05) is 0 Å². The summed E-state index contributed by atoms with van der Waals surface area (Å²) >= 11 is 0. The zero-order chi connectivity index (χ0) is 12.2. The molecule has 4 saturated carbocycles. The van der Waals surface area contributed by atoms with Crippen molar-refractivity contribution in [2.45, 2.75) is 44.1 Å². The van der Waals surface area contributed by atoms with E-state index in [1.165, 1.54) is 38.5 Å². The van der Waals surface area contributed by atoms with Gasteiger partial charge in [0.15, 0.2) is 11.7 Å². The van der Waals surface area contributed by atoms with Crippen LogP contribution in [-0.4, -0.2) is 30.3 Å². The quantitative estimate of drug-likeness (QED) is 0.570. The van der Waals surface area contributed by atoms with E-state index >= 15 is 0 Å². The van der Waals surface area contributed by atoms with Crippen molar-refractivity contribution >= 4 is 11.7 Å². The first kappa shape index (κ1) is 10.8. The normalized spacial score (nSPS) is 46.1. The Bertz CT molecular complexity index is 388. The minimum atomic E-state index is 0.172. The maximum absolute atomic E-state index is 6.16. The number of aliphatic imine (C=N–C) groups is 2. The van der Waals surface area contributed by atoms with E-state index in [0.29, 0.717) is 5.84 Å². The van der Waals surface area contributed by atoms with E-state index in [2.05, 4.69) is 10.3 Å². The van der Waals surface area contributed by atoms with Crippen molar-refractivity contribution in [2.75, 3.05) is 13.1 Å². The van der Waals surface area contributed by atoms with Gasteiger partial charge in [0.25, 0.3) is 0 Å². The van der Waals surface area contributed by atoms with Crippen LogP contribution in [0.3, 0.4) is 0 Å². The summed E-state index contributed by atoms with van der Waals surface area (Å²) in [5.74, 6) is 4.27. The second kappa shape index (κ2) is 3.72. The third-order valence-electron chi connectivity index (χ3n) is 5.28. The third-order valence-corrected chi connectivity index (χ3v) is 5.28. The zero-order valence-electron chi connectivity index (χ0n) is 10.9. The number of nitrogens with zero attached hydrogens (tertiary/aromatic N) is 2. The van der Waals surface area contributed by atoms with Gasteiger partial charge in [0.2, 0.25) is 0 Å². The van der Waals surface area contributed by atoms with Crippen LogP contribution in [0.2, 0.25) is 0 Å². The molecule has 4 nitrogen and oxygen atoms in total. The molecule has 4 aliphatic carbocycles. The molecule has 0 unspecified atom stereocenters. The van der Waals surface area contributed by atoms with Crippen LogP contribution in [0.15, 0.2) is 9.98 Å². The fourth-order valence-electron chi connectivity index (χ4n) is 5.08. The average molecular weight is 246 g/mol. The average Bonchev–Trinajstić information content (AvgIpc) is 2.79. The van der Waals surface area contributed by atoms with Crippen molar-refractivity contribution in [3.8, 4) is 0 Å². The molecular formula is C14H22N4. The number of nitrogens with one attached hydrogen (secondary N) is 1. The third kappa shape index (κ3) is 1.65. The molecule has 0 aromatic heterocycles. The van der Waals surface area contributed by atoms with E-state index in [0.717, 1.165) is 36.7 Å². The van der Waals surface area contributed by atoms with Crippen molar-refractivity contribution in [1.82, 2.24) is 5.32 Å². The molecule has 0 atom stereocenters. The fourth-order valence-corrected chi connectivity index (χ4v) is 5.08. The van der Waals surface area contributed by atoms with E-state index in [4.69, 9.17) is 10.7 Å². The lowest BCUT2D eigenvalue weighted by molar-refractivity contribution is 0.00173. The minimum absolute atomic E-state index is 0.172. The standard InChI is InChI=1S/C14H22N4/c15-12(13-16-1-2-17-13)18-14-6-9-3-10(7-14)5-11(4-9)8-14/h9-11H,1-8H2,(H2,15,18)(H,16,17). The Morgan fingerprint density at radius 3 is 2.28 bits per heavy atom. The molecule has 0 spiro atoms. The first-order valence-electron chi connectivity index (χ1n) is 7.36. The second-order valence-electron chi connectivity index (χ2n) is 6.80. The second-order valence-corrected chi connectivity index (χ2v) is 6.80. The van der Waals surface area contributed by atoms with Crippen LogP contribution in [0.4, 0.5) is 0 Å². The summed E-state index contributed by atoms with van der Waals surface area (Å²) in [5, 5.41) is 3.23. The van der Waals surface area contributed by atoms with Gasteiger partial charge in [-0.25, -0.2) is 0 Å². The number of rotatable bonds is 2. The molecule has 4 fully saturated rings. The summed E-state index contributed by atoms with van der Waals surface area (Å²) in [6.45, 7) is 1.75. The molecule has 1 heterocycles. The molecule has 5 rings (SSSR count). The first-order valence-corrected chi connectivity index (χ1v) is 7.36. The van der Waals surface area contributed by atoms with E-state index in [9.17, 15) is 0 Å². The fraction of sp³-hybridized carbons (Fsp3) is 0.857. The van der Waals surface area contributed by atoms with Gasteiger partial charge in [0, 0.05) is 6.54 Å². The maximum atomic E-state index is 6.16. The van der Waals surface area contributed by atoms with Crippen LogP contribution in [-0.2, 0) is 0 Å². The van der Waals surface area contributed by atoms with Crippen molar-refractivity contribution in [3.63, 3.8) is 0 Å².